The molecule has 0 radical (unpaired) electrons. The van der Waals surface area contributed by atoms with Gasteiger partial charge in [0.1, 0.15) is 12.1 Å². The first-order chi connectivity index (χ1) is 14.4. The van der Waals surface area contributed by atoms with Crippen molar-refractivity contribution in [3.63, 3.8) is 0 Å². The number of halogens is 3. The van der Waals surface area contributed by atoms with Gasteiger partial charge in [0.25, 0.3) is 5.56 Å². The fraction of sp³-hybridized carbons (Fsp3) is 0.100. The number of ether oxygens (including phenoxy) is 1. The average Bonchev–Trinajstić information content (AvgIpc) is 3.15. The van der Waals surface area contributed by atoms with E-state index in [9.17, 15) is 18.0 Å². The van der Waals surface area contributed by atoms with Gasteiger partial charge in [-0.3, -0.25) is 9.36 Å². The van der Waals surface area contributed by atoms with Crippen LogP contribution in [0, 0.1) is 0 Å². The molecule has 0 saturated carbocycles. The highest BCUT2D eigenvalue weighted by Gasteiger charge is 2.31. The standard InChI is InChI=1S/C20H14F3N5O2/c21-20(22,23)30-16-10-8-15(9-11-16)28-18-17(25-26-28)19(29)27(13-24-18)12-4-7-14-5-2-1-3-6-14/h1-11,13H,12H2/b7-4+. The van der Waals surface area contributed by atoms with Crippen LogP contribution in [0.3, 0.4) is 0 Å². The van der Waals surface area contributed by atoms with Crippen LogP contribution in [-0.4, -0.2) is 30.9 Å². The summed E-state index contributed by atoms with van der Waals surface area (Å²) in [6.07, 6.45) is 0.316. The summed E-state index contributed by atoms with van der Waals surface area (Å²) in [5.41, 5.74) is 1.28. The van der Waals surface area contributed by atoms with Crippen LogP contribution < -0.4 is 10.3 Å². The van der Waals surface area contributed by atoms with Crippen molar-refractivity contribution in [2.75, 3.05) is 0 Å². The van der Waals surface area contributed by atoms with Gasteiger partial charge in [-0.05, 0) is 29.8 Å². The predicted molar refractivity (Wildman–Crippen MR) is 103 cm³/mol. The van der Waals surface area contributed by atoms with Gasteiger partial charge in [0.15, 0.2) is 11.2 Å². The number of allylic oxidation sites excluding steroid dienone is 1. The summed E-state index contributed by atoms with van der Waals surface area (Å²) in [7, 11) is 0. The Hall–Kier alpha value is -3.95. The SMILES string of the molecule is O=c1c2nnn(-c3ccc(OC(F)(F)F)cc3)c2ncn1C/C=C/c1ccccc1. The van der Waals surface area contributed by atoms with Gasteiger partial charge in [0, 0.05) is 6.54 Å². The van der Waals surface area contributed by atoms with Gasteiger partial charge in [0.05, 0.1) is 5.69 Å². The van der Waals surface area contributed by atoms with E-state index < -0.39 is 6.36 Å². The summed E-state index contributed by atoms with van der Waals surface area (Å²) in [6.45, 7) is 0.299. The molecule has 0 unspecified atom stereocenters. The lowest BCUT2D eigenvalue weighted by atomic mass is 10.2. The first-order valence-corrected chi connectivity index (χ1v) is 8.79. The Bertz CT molecular complexity index is 1250. The van der Waals surface area contributed by atoms with Crippen LogP contribution in [0.4, 0.5) is 13.2 Å². The van der Waals surface area contributed by atoms with Crippen LogP contribution in [0.5, 0.6) is 5.75 Å². The average molecular weight is 413 g/mol. The van der Waals surface area contributed by atoms with Crippen molar-refractivity contribution in [1.29, 1.82) is 0 Å². The van der Waals surface area contributed by atoms with E-state index in [0.29, 0.717) is 12.2 Å². The van der Waals surface area contributed by atoms with Gasteiger partial charge >= 0.3 is 6.36 Å². The fourth-order valence-corrected chi connectivity index (χ4v) is 2.80. The van der Waals surface area contributed by atoms with Gasteiger partial charge in [-0.15, -0.1) is 18.3 Å². The van der Waals surface area contributed by atoms with E-state index in [1.807, 2.05) is 42.5 Å². The van der Waals surface area contributed by atoms with E-state index in [4.69, 9.17) is 0 Å². The summed E-state index contributed by atoms with van der Waals surface area (Å²) in [5.74, 6) is -0.365. The fourth-order valence-electron chi connectivity index (χ4n) is 2.80. The summed E-state index contributed by atoms with van der Waals surface area (Å²) < 4.78 is 43.4. The van der Waals surface area contributed by atoms with Crippen molar-refractivity contribution in [3.8, 4) is 11.4 Å². The molecule has 0 atom stereocenters. The van der Waals surface area contributed by atoms with E-state index in [1.54, 1.807) is 0 Å². The molecule has 0 N–H and O–H groups in total. The Kier molecular flexibility index (Phi) is 5.05. The van der Waals surface area contributed by atoms with Crippen molar-refractivity contribution in [1.82, 2.24) is 24.5 Å². The molecule has 2 aromatic carbocycles. The lowest BCUT2D eigenvalue weighted by Gasteiger charge is -2.09. The maximum atomic E-state index is 12.7. The van der Waals surface area contributed by atoms with Gasteiger partial charge < -0.3 is 4.74 Å². The number of fused-ring (bicyclic) bond motifs is 1. The van der Waals surface area contributed by atoms with E-state index >= 15 is 0 Å². The molecule has 7 nitrogen and oxygen atoms in total. The molecule has 0 aliphatic heterocycles. The topological polar surface area (TPSA) is 74.8 Å². The molecule has 0 amide bonds. The van der Waals surface area contributed by atoms with Crippen molar-refractivity contribution in [2.45, 2.75) is 12.9 Å². The Labute approximate surface area is 167 Å². The second-order valence-electron chi connectivity index (χ2n) is 6.23. The van der Waals surface area contributed by atoms with Crippen LogP contribution in [0.15, 0.2) is 71.8 Å². The number of hydrogen-bond acceptors (Lipinski definition) is 5. The van der Waals surface area contributed by atoms with E-state index in [-0.39, 0.29) is 22.5 Å². The van der Waals surface area contributed by atoms with Crippen molar-refractivity contribution >= 4 is 17.2 Å². The molecule has 0 aliphatic carbocycles. The predicted octanol–water partition coefficient (Wildman–Crippen LogP) is 3.59. The number of hydrogen-bond donors (Lipinski definition) is 0. The zero-order valence-electron chi connectivity index (χ0n) is 15.3. The minimum atomic E-state index is -4.77. The largest absolute Gasteiger partial charge is 0.573 e. The summed E-state index contributed by atoms with van der Waals surface area (Å²) in [6, 6.07) is 14.7. The first kappa shape index (κ1) is 19.4. The highest BCUT2D eigenvalue weighted by molar-refractivity contribution is 5.70. The van der Waals surface area contributed by atoms with Crippen molar-refractivity contribution < 1.29 is 17.9 Å². The molecule has 10 heteroatoms. The molecule has 4 aromatic rings. The maximum absolute atomic E-state index is 12.7. The molecule has 4 rings (SSSR count). The van der Waals surface area contributed by atoms with Crippen LogP contribution >= 0.6 is 0 Å². The van der Waals surface area contributed by atoms with Gasteiger partial charge in [0.2, 0.25) is 0 Å². The third-order valence-electron chi connectivity index (χ3n) is 4.16. The lowest BCUT2D eigenvalue weighted by Crippen LogP contribution is -2.20. The quantitative estimate of drug-likeness (QED) is 0.500. The summed E-state index contributed by atoms with van der Waals surface area (Å²) in [5, 5.41) is 7.79. The van der Waals surface area contributed by atoms with E-state index in [2.05, 4.69) is 20.0 Å². The van der Waals surface area contributed by atoms with Crippen LogP contribution in [0.2, 0.25) is 0 Å². The zero-order valence-corrected chi connectivity index (χ0v) is 15.3. The first-order valence-electron chi connectivity index (χ1n) is 8.79. The van der Waals surface area contributed by atoms with Gasteiger partial charge in [-0.1, -0.05) is 47.7 Å². The highest BCUT2D eigenvalue weighted by Crippen LogP contribution is 2.24. The lowest BCUT2D eigenvalue weighted by molar-refractivity contribution is -0.274. The van der Waals surface area contributed by atoms with Gasteiger partial charge in [-0.2, -0.15) is 4.68 Å². The smallest absolute Gasteiger partial charge is 0.406 e. The van der Waals surface area contributed by atoms with Crippen molar-refractivity contribution in [2.24, 2.45) is 0 Å². The van der Waals surface area contributed by atoms with Crippen LogP contribution in [0.25, 0.3) is 22.9 Å². The Morgan fingerprint density at radius 1 is 1.03 bits per heavy atom. The molecule has 0 saturated heterocycles. The molecular weight excluding hydrogens is 399 g/mol. The number of alkyl halides is 3. The zero-order chi connectivity index (χ0) is 21.1. The Morgan fingerprint density at radius 2 is 1.77 bits per heavy atom. The third-order valence-corrected chi connectivity index (χ3v) is 4.16. The molecule has 0 fully saturated rings. The molecule has 2 aromatic heterocycles. The number of benzene rings is 2. The van der Waals surface area contributed by atoms with Crippen molar-refractivity contribution in [3.05, 3.63) is 82.9 Å². The Morgan fingerprint density at radius 3 is 2.47 bits per heavy atom. The maximum Gasteiger partial charge on any atom is 0.573 e. The molecular formula is C20H14F3N5O2. The van der Waals surface area contributed by atoms with Crippen LogP contribution in [0.1, 0.15) is 5.56 Å². The van der Waals surface area contributed by atoms with E-state index in [0.717, 1.165) is 17.7 Å². The van der Waals surface area contributed by atoms with Crippen LogP contribution in [-0.2, 0) is 6.54 Å². The second-order valence-corrected chi connectivity index (χ2v) is 6.23. The minimum absolute atomic E-state index is 0.0567. The highest BCUT2D eigenvalue weighted by atomic mass is 19.4. The Balaban J connectivity index is 1.58. The number of nitrogens with zero attached hydrogens (tertiary/aromatic N) is 5. The molecule has 0 bridgehead atoms. The van der Waals surface area contributed by atoms with Gasteiger partial charge in [-0.25, -0.2) is 4.98 Å². The molecule has 2 heterocycles. The number of rotatable bonds is 5. The second kappa shape index (κ2) is 7.82. The summed E-state index contributed by atoms with van der Waals surface area (Å²) in [4.78, 5) is 16.9. The third kappa shape index (κ3) is 4.22. The molecule has 30 heavy (non-hydrogen) atoms. The molecule has 0 spiro atoms. The molecule has 0 aliphatic rings. The minimum Gasteiger partial charge on any atom is -0.406 e. The molecule has 152 valence electrons. The number of aromatic nitrogens is 5. The summed E-state index contributed by atoms with van der Waals surface area (Å²) >= 11 is 0. The monoisotopic (exact) mass is 413 g/mol. The van der Waals surface area contributed by atoms with E-state index in [1.165, 1.54) is 27.7 Å². The normalized spacial score (nSPS) is 12.0.